The summed E-state index contributed by atoms with van der Waals surface area (Å²) < 4.78 is 6.07. The molecule has 1 aliphatic carbocycles. The zero-order valence-electron chi connectivity index (χ0n) is 20.3. The first-order chi connectivity index (χ1) is 17.9. The lowest BCUT2D eigenvalue weighted by Gasteiger charge is -2.25. The van der Waals surface area contributed by atoms with E-state index in [1.807, 2.05) is 11.0 Å². The Balaban J connectivity index is 1.67. The van der Waals surface area contributed by atoms with Gasteiger partial charge in [-0.2, -0.15) is 0 Å². The highest BCUT2D eigenvalue weighted by molar-refractivity contribution is 5.97. The molecule has 0 saturated carbocycles. The van der Waals surface area contributed by atoms with Crippen molar-refractivity contribution in [2.75, 3.05) is 44.2 Å². The zero-order valence-corrected chi connectivity index (χ0v) is 20.3. The minimum atomic E-state index is -0.239. The third kappa shape index (κ3) is 6.13. The number of nitrogens with zero attached hydrogens (tertiary/aromatic N) is 2. The van der Waals surface area contributed by atoms with Crippen molar-refractivity contribution >= 4 is 39.4 Å². The average molecular weight is 507 g/mol. The van der Waals surface area contributed by atoms with Crippen LogP contribution in [0.25, 0.3) is 33.3 Å². The van der Waals surface area contributed by atoms with Gasteiger partial charge in [0.2, 0.25) is 11.8 Å². The first-order valence-corrected chi connectivity index (χ1v) is 12.1. The van der Waals surface area contributed by atoms with E-state index in [1.165, 1.54) is 18.2 Å². The molecule has 4 rings (SSSR count). The molecule has 0 spiro atoms. The lowest BCUT2D eigenvalue weighted by molar-refractivity contribution is -0.121. The summed E-state index contributed by atoms with van der Waals surface area (Å²) in [6.45, 7) is 2.21. The molecule has 0 fully saturated rings. The van der Waals surface area contributed by atoms with Crippen molar-refractivity contribution < 1.29 is 19.1 Å². The number of hydrogen-bond acceptors (Lipinski definition) is 9. The number of carbonyl (C=O) groups is 2. The Morgan fingerprint density at radius 1 is 0.919 bits per heavy atom. The van der Waals surface area contributed by atoms with E-state index in [9.17, 15) is 19.5 Å². The van der Waals surface area contributed by atoms with E-state index in [-0.39, 0.29) is 35.8 Å². The molecular weight excluding hydrogens is 476 g/mol. The number of hydrogen-bond donors (Lipinski definition) is 5. The van der Waals surface area contributed by atoms with E-state index in [0.29, 0.717) is 72.6 Å². The molecule has 0 unspecified atom stereocenters. The van der Waals surface area contributed by atoms with Crippen LogP contribution in [0.5, 0.6) is 5.75 Å². The number of phenols is 1. The molecule has 2 amide bonds. The molecule has 194 valence electrons. The Morgan fingerprint density at radius 3 is 2.24 bits per heavy atom. The number of fused-ring (bicyclic) bond motifs is 4. The van der Waals surface area contributed by atoms with E-state index in [0.717, 1.165) is 5.69 Å². The Bertz CT molecular complexity index is 1430. The molecule has 0 atom stereocenters. The molecule has 2 aliphatic rings. The smallest absolute Gasteiger partial charge is 0.221 e. The van der Waals surface area contributed by atoms with Crippen LogP contribution in [0.15, 0.2) is 51.7 Å². The van der Waals surface area contributed by atoms with Gasteiger partial charge in [-0.25, -0.2) is 4.98 Å². The number of benzene rings is 3. The fraction of sp³-hybridized carbons (Fsp3) is 0.308. The zero-order chi connectivity index (χ0) is 26.4. The topological polar surface area (TPSA) is 177 Å². The van der Waals surface area contributed by atoms with Crippen LogP contribution in [0.3, 0.4) is 0 Å². The van der Waals surface area contributed by atoms with Crippen LogP contribution < -0.4 is 32.4 Å². The number of nitrogens with one attached hydrogen (secondary N) is 2. The van der Waals surface area contributed by atoms with Gasteiger partial charge in [0.15, 0.2) is 16.8 Å². The van der Waals surface area contributed by atoms with Gasteiger partial charge >= 0.3 is 0 Å². The van der Waals surface area contributed by atoms with Gasteiger partial charge in [-0.05, 0) is 30.3 Å². The van der Waals surface area contributed by atoms with Crippen molar-refractivity contribution in [2.45, 2.75) is 12.8 Å². The molecule has 11 nitrogen and oxygen atoms in total. The van der Waals surface area contributed by atoms with Crippen molar-refractivity contribution in [3.8, 4) is 17.2 Å². The van der Waals surface area contributed by atoms with Gasteiger partial charge in [0, 0.05) is 80.7 Å². The Morgan fingerprint density at radius 2 is 1.59 bits per heavy atom. The molecule has 2 aromatic carbocycles. The van der Waals surface area contributed by atoms with Crippen molar-refractivity contribution in [3.63, 3.8) is 0 Å². The van der Waals surface area contributed by atoms with Crippen molar-refractivity contribution in [1.82, 2.24) is 15.6 Å². The fourth-order valence-electron chi connectivity index (χ4n) is 4.09. The van der Waals surface area contributed by atoms with Crippen LogP contribution in [-0.2, 0) is 9.59 Å². The van der Waals surface area contributed by atoms with Crippen LogP contribution in [0.2, 0.25) is 0 Å². The molecule has 0 aromatic heterocycles. The quantitative estimate of drug-likeness (QED) is 0.146. The number of amides is 2. The summed E-state index contributed by atoms with van der Waals surface area (Å²) in [5.41, 5.74) is 12.9. The van der Waals surface area contributed by atoms with Gasteiger partial charge in [0.25, 0.3) is 0 Å². The van der Waals surface area contributed by atoms with E-state index in [1.54, 1.807) is 18.2 Å². The van der Waals surface area contributed by atoms with Crippen LogP contribution in [-0.4, -0.2) is 61.2 Å². The number of aromatic hydroxyl groups is 1. The van der Waals surface area contributed by atoms with Gasteiger partial charge in [-0.3, -0.25) is 14.4 Å². The van der Waals surface area contributed by atoms with Crippen LogP contribution in [0.1, 0.15) is 12.8 Å². The Labute approximate surface area is 212 Å². The molecule has 0 bridgehead atoms. The van der Waals surface area contributed by atoms with Crippen LogP contribution >= 0.6 is 0 Å². The van der Waals surface area contributed by atoms with Crippen LogP contribution in [0.4, 0.5) is 5.69 Å². The molecule has 11 heteroatoms. The maximum absolute atomic E-state index is 12.6. The monoisotopic (exact) mass is 506 g/mol. The third-order valence-electron chi connectivity index (χ3n) is 5.93. The molecular formula is C26H30N6O5. The highest BCUT2D eigenvalue weighted by atomic mass is 16.3. The maximum Gasteiger partial charge on any atom is 0.221 e. The number of anilines is 1. The minimum absolute atomic E-state index is 0.0262. The molecule has 37 heavy (non-hydrogen) atoms. The molecule has 0 radical (unpaired) electrons. The van der Waals surface area contributed by atoms with Gasteiger partial charge in [-0.15, -0.1) is 0 Å². The first-order valence-electron chi connectivity index (χ1n) is 12.1. The molecule has 1 heterocycles. The summed E-state index contributed by atoms with van der Waals surface area (Å²) in [6, 6.07) is 11.3. The fourth-order valence-corrected chi connectivity index (χ4v) is 4.09. The second-order valence-corrected chi connectivity index (χ2v) is 8.58. The SMILES string of the molecule is NCCNC(=O)CCN(CCC(=O)NCCN)c1ccc2nc3c4cc(O)ccc4c(=O)cc-3oc2c1. The standard InChI is InChI=1S/C26H30N6O5/c27-7-9-29-24(35)5-11-32(12-6-25(36)30-10-8-28)16-1-4-20-22(13-16)37-23-15-21(34)18-3-2-17(33)14-19(18)26(23)31-20/h1-4,13-15,33H,5-12,27-28H2,(H,29,35)(H,30,36). The van der Waals surface area contributed by atoms with Crippen molar-refractivity contribution in [1.29, 1.82) is 0 Å². The predicted octanol–water partition coefficient (Wildman–Crippen LogP) is 0.888. The Kier molecular flexibility index (Phi) is 8.16. The summed E-state index contributed by atoms with van der Waals surface area (Å²) in [5, 5.41) is 16.4. The molecule has 1 aliphatic heterocycles. The van der Waals surface area contributed by atoms with Gasteiger partial charge in [-0.1, -0.05) is 0 Å². The normalized spacial score (nSPS) is 11.2. The number of aromatic nitrogens is 1. The maximum atomic E-state index is 12.6. The first kappa shape index (κ1) is 25.9. The number of phenolic OH excluding ortho intramolecular Hbond substituents is 1. The number of carbonyl (C=O) groups excluding carboxylic acids is 2. The van der Waals surface area contributed by atoms with Crippen LogP contribution in [0, 0.1) is 0 Å². The Hall–Kier alpha value is -4.22. The number of rotatable bonds is 11. The van der Waals surface area contributed by atoms with Gasteiger partial charge in [0.05, 0.1) is 0 Å². The summed E-state index contributed by atoms with van der Waals surface area (Å²) in [6.07, 6.45) is 0.426. The highest BCUT2D eigenvalue weighted by Gasteiger charge is 2.18. The summed E-state index contributed by atoms with van der Waals surface area (Å²) >= 11 is 0. The van der Waals surface area contributed by atoms with Crippen molar-refractivity contribution in [3.05, 3.63) is 52.7 Å². The van der Waals surface area contributed by atoms with Gasteiger partial charge in [0.1, 0.15) is 17.0 Å². The molecule has 2 aromatic rings. The lowest BCUT2D eigenvalue weighted by atomic mass is 10.0. The predicted molar refractivity (Wildman–Crippen MR) is 142 cm³/mol. The van der Waals surface area contributed by atoms with E-state index in [2.05, 4.69) is 10.6 Å². The lowest BCUT2D eigenvalue weighted by Crippen LogP contribution is -2.36. The second kappa shape index (κ2) is 11.7. The average Bonchev–Trinajstić information content (AvgIpc) is 2.89. The van der Waals surface area contributed by atoms with E-state index in [4.69, 9.17) is 20.9 Å². The third-order valence-corrected chi connectivity index (χ3v) is 5.93. The van der Waals surface area contributed by atoms with E-state index < -0.39 is 0 Å². The molecule has 7 N–H and O–H groups in total. The minimum Gasteiger partial charge on any atom is -0.508 e. The molecule has 0 saturated heterocycles. The summed E-state index contributed by atoms with van der Waals surface area (Å²) in [5.74, 6) is 0.0402. The second-order valence-electron chi connectivity index (χ2n) is 8.58. The summed E-state index contributed by atoms with van der Waals surface area (Å²) in [4.78, 5) is 43.6. The van der Waals surface area contributed by atoms with E-state index >= 15 is 0 Å². The highest BCUT2D eigenvalue weighted by Crippen LogP contribution is 2.33. The largest absolute Gasteiger partial charge is 0.508 e. The number of nitrogens with two attached hydrogens (primary N) is 2. The van der Waals surface area contributed by atoms with Gasteiger partial charge < -0.3 is 36.5 Å². The van der Waals surface area contributed by atoms with Crippen molar-refractivity contribution in [2.24, 2.45) is 11.5 Å². The summed E-state index contributed by atoms with van der Waals surface area (Å²) in [7, 11) is 0.